The number of hydrogen-bond acceptors (Lipinski definition) is 5. The maximum Gasteiger partial charge on any atom is 0.146 e. The summed E-state index contributed by atoms with van der Waals surface area (Å²) in [7, 11) is 0. The van der Waals surface area contributed by atoms with Gasteiger partial charge < -0.3 is 9.80 Å². The summed E-state index contributed by atoms with van der Waals surface area (Å²) < 4.78 is 13.7. The first-order valence-electron chi connectivity index (χ1n) is 7.28. The Labute approximate surface area is 133 Å². The van der Waals surface area contributed by atoms with E-state index in [4.69, 9.17) is 5.26 Å². The number of pyridine rings is 1. The summed E-state index contributed by atoms with van der Waals surface area (Å²) in [6.45, 7) is 2.60. The maximum atomic E-state index is 13.7. The van der Waals surface area contributed by atoms with Crippen LogP contribution in [0.4, 0.5) is 15.9 Å². The molecule has 0 N–H and O–H groups in total. The molecule has 0 unspecified atom stereocenters. The van der Waals surface area contributed by atoms with Crippen LogP contribution in [0, 0.1) is 28.5 Å². The predicted molar refractivity (Wildman–Crippen MR) is 84.5 cm³/mol. The molecule has 1 aliphatic rings. The highest BCUT2D eigenvalue weighted by Gasteiger charge is 2.22. The largest absolute Gasteiger partial charge is 0.367 e. The number of piperazine rings is 1. The topological polar surface area (TPSA) is 67.0 Å². The Balaban J connectivity index is 1.79. The van der Waals surface area contributed by atoms with Crippen LogP contribution < -0.4 is 9.80 Å². The first-order chi connectivity index (χ1) is 11.2. The Morgan fingerprint density at radius 1 is 0.957 bits per heavy atom. The van der Waals surface area contributed by atoms with Crippen LogP contribution in [-0.4, -0.2) is 31.2 Å². The Bertz CT molecular complexity index is 797. The lowest BCUT2D eigenvalue weighted by atomic mass is 10.1. The van der Waals surface area contributed by atoms with Crippen LogP contribution in [0.2, 0.25) is 0 Å². The summed E-state index contributed by atoms with van der Waals surface area (Å²) in [5, 5.41) is 18.3. The van der Waals surface area contributed by atoms with Crippen LogP contribution in [0.5, 0.6) is 0 Å². The Kier molecular flexibility index (Phi) is 4.07. The van der Waals surface area contributed by atoms with Gasteiger partial charge in [0.2, 0.25) is 0 Å². The SMILES string of the molecule is N#Cc1cccnc1N1CCN(c2cccc(F)c2C#N)CC1. The third kappa shape index (κ3) is 2.79. The molecule has 3 rings (SSSR count). The lowest BCUT2D eigenvalue weighted by molar-refractivity contribution is 0.615. The molecule has 1 saturated heterocycles. The van der Waals surface area contributed by atoms with E-state index in [0.29, 0.717) is 43.2 Å². The first kappa shape index (κ1) is 14.8. The van der Waals surface area contributed by atoms with Crippen molar-refractivity contribution in [3.05, 3.63) is 53.5 Å². The molecule has 0 spiro atoms. The summed E-state index contributed by atoms with van der Waals surface area (Å²) in [5.74, 6) is 0.179. The third-order valence-corrected chi connectivity index (χ3v) is 3.93. The van der Waals surface area contributed by atoms with Gasteiger partial charge in [0, 0.05) is 32.4 Å². The zero-order valence-corrected chi connectivity index (χ0v) is 12.4. The number of halogens is 1. The number of nitriles is 2. The van der Waals surface area contributed by atoms with Crippen molar-refractivity contribution in [2.24, 2.45) is 0 Å². The second kappa shape index (κ2) is 6.33. The van der Waals surface area contributed by atoms with Gasteiger partial charge in [-0.2, -0.15) is 10.5 Å². The van der Waals surface area contributed by atoms with Crippen LogP contribution in [0.1, 0.15) is 11.1 Å². The lowest BCUT2D eigenvalue weighted by Gasteiger charge is -2.37. The number of anilines is 2. The van der Waals surface area contributed by atoms with Gasteiger partial charge in [0.05, 0.1) is 11.3 Å². The van der Waals surface area contributed by atoms with E-state index in [0.717, 1.165) is 0 Å². The van der Waals surface area contributed by atoms with Crippen molar-refractivity contribution in [2.75, 3.05) is 36.0 Å². The van der Waals surface area contributed by atoms with Crippen molar-refractivity contribution in [2.45, 2.75) is 0 Å². The quantitative estimate of drug-likeness (QED) is 0.851. The molecule has 1 aromatic heterocycles. The molecule has 2 aromatic rings. The minimum Gasteiger partial charge on any atom is -0.367 e. The lowest BCUT2D eigenvalue weighted by Crippen LogP contribution is -2.47. The molecule has 2 heterocycles. The van der Waals surface area contributed by atoms with E-state index >= 15 is 0 Å². The minimum absolute atomic E-state index is 0.0801. The summed E-state index contributed by atoms with van der Waals surface area (Å²) in [4.78, 5) is 8.33. The summed E-state index contributed by atoms with van der Waals surface area (Å²) in [6.07, 6.45) is 1.67. The van der Waals surface area contributed by atoms with E-state index in [1.165, 1.54) is 6.07 Å². The second-order valence-electron chi connectivity index (χ2n) is 5.21. The molecule has 1 aliphatic heterocycles. The summed E-state index contributed by atoms with van der Waals surface area (Å²) in [6, 6.07) is 12.2. The first-order valence-corrected chi connectivity index (χ1v) is 7.28. The molecule has 1 aromatic carbocycles. The zero-order chi connectivity index (χ0) is 16.2. The van der Waals surface area contributed by atoms with Crippen molar-refractivity contribution in [3.8, 4) is 12.1 Å². The Hall–Kier alpha value is -3.12. The standard InChI is InChI=1S/C17H14FN5/c18-15-4-1-5-16(14(15)12-20)22-7-9-23(10-8-22)17-13(11-19)3-2-6-21-17/h1-6H,7-10H2. The highest BCUT2D eigenvalue weighted by molar-refractivity contribution is 5.61. The highest BCUT2D eigenvalue weighted by Crippen LogP contribution is 2.25. The van der Waals surface area contributed by atoms with Crippen LogP contribution in [0.3, 0.4) is 0 Å². The molecule has 5 nitrogen and oxygen atoms in total. The normalized spacial score (nSPS) is 14.2. The minimum atomic E-state index is -0.496. The van der Waals surface area contributed by atoms with Gasteiger partial charge in [0.1, 0.15) is 29.3 Å². The van der Waals surface area contributed by atoms with Crippen molar-refractivity contribution in [3.63, 3.8) is 0 Å². The zero-order valence-electron chi connectivity index (χ0n) is 12.4. The van der Waals surface area contributed by atoms with Gasteiger partial charge in [-0.15, -0.1) is 0 Å². The van der Waals surface area contributed by atoms with Gasteiger partial charge in [-0.3, -0.25) is 0 Å². The molecular weight excluding hydrogens is 293 g/mol. The fourth-order valence-corrected chi connectivity index (χ4v) is 2.78. The van der Waals surface area contributed by atoms with Gasteiger partial charge in [0.25, 0.3) is 0 Å². The van der Waals surface area contributed by atoms with Gasteiger partial charge in [-0.25, -0.2) is 9.37 Å². The van der Waals surface area contributed by atoms with Gasteiger partial charge in [-0.05, 0) is 24.3 Å². The predicted octanol–water partition coefficient (Wildman–Crippen LogP) is 2.29. The van der Waals surface area contributed by atoms with E-state index in [1.54, 1.807) is 30.5 Å². The molecule has 1 fully saturated rings. The van der Waals surface area contributed by atoms with Gasteiger partial charge >= 0.3 is 0 Å². The fourth-order valence-electron chi connectivity index (χ4n) is 2.78. The molecule has 114 valence electrons. The summed E-state index contributed by atoms with van der Waals surface area (Å²) >= 11 is 0. The molecule has 0 aliphatic carbocycles. The molecule has 0 bridgehead atoms. The van der Waals surface area contributed by atoms with Gasteiger partial charge in [0.15, 0.2) is 0 Å². The highest BCUT2D eigenvalue weighted by atomic mass is 19.1. The van der Waals surface area contributed by atoms with Crippen LogP contribution in [-0.2, 0) is 0 Å². The number of aromatic nitrogens is 1. The fraction of sp³-hybridized carbons (Fsp3) is 0.235. The number of rotatable bonds is 2. The molecule has 0 saturated carbocycles. The number of hydrogen-bond donors (Lipinski definition) is 0. The maximum absolute atomic E-state index is 13.7. The van der Waals surface area contributed by atoms with Crippen LogP contribution in [0.25, 0.3) is 0 Å². The van der Waals surface area contributed by atoms with E-state index in [-0.39, 0.29) is 5.56 Å². The van der Waals surface area contributed by atoms with Crippen LogP contribution in [0.15, 0.2) is 36.5 Å². The third-order valence-electron chi connectivity index (χ3n) is 3.93. The second-order valence-corrected chi connectivity index (χ2v) is 5.21. The van der Waals surface area contributed by atoms with Crippen molar-refractivity contribution in [1.29, 1.82) is 10.5 Å². The Morgan fingerprint density at radius 3 is 2.39 bits per heavy atom. The van der Waals surface area contributed by atoms with E-state index < -0.39 is 5.82 Å². The molecular formula is C17H14FN5. The Morgan fingerprint density at radius 2 is 1.70 bits per heavy atom. The van der Waals surface area contributed by atoms with Crippen molar-refractivity contribution >= 4 is 11.5 Å². The number of benzene rings is 1. The smallest absolute Gasteiger partial charge is 0.146 e. The van der Waals surface area contributed by atoms with E-state index in [1.807, 2.05) is 15.9 Å². The molecule has 0 amide bonds. The van der Waals surface area contributed by atoms with Crippen molar-refractivity contribution < 1.29 is 4.39 Å². The summed E-state index contributed by atoms with van der Waals surface area (Å²) in [5.41, 5.74) is 1.24. The molecule has 6 heteroatoms. The molecule has 0 atom stereocenters. The van der Waals surface area contributed by atoms with E-state index in [9.17, 15) is 9.65 Å². The average molecular weight is 307 g/mol. The number of nitrogens with zero attached hydrogens (tertiary/aromatic N) is 5. The average Bonchev–Trinajstić information content (AvgIpc) is 2.61. The molecule has 0 radical (unpaired) electrons. The van der Waals surface area contributed by atoms with Gasteiger partial charge in [-0.1, -0.05) is 6.07 Å². The molecule has 23 heavy (non-hydrogen) atoms. The van der Waals surface area contributed by atoms with E-state index in [2.05, 4.69) is 11.1 Å². The monoisotopic (exact) mass is 307 g/mol. The van der Waals surface area contributed by atoms with Crippen molar-refractivity contribution in [1.82, 2.24) is 4.98 Å². The van der Waals surface area contributed by atoms with Crippen LogP contribution >= 0.6 is 0 Å².